The molecule has 0 heterocycles. The van der Waals surface area contributed by atoms with E-state index in [-0.39, 0.29) is 0 Å². The predicted molar refractivity (Wildman–Crippen MR) is 44.3 cm³/mol. The van der Waals surface area contributed by atoms with E-state index in [2.05, 4.69) is 42.3 Å². The molecule has 0 fully saturated rings. The van der Waals surface area contributed by atoms with Crippen molar-refractivity contribution < 1.29 is 0 Å². The van der Waals surface area contributed by atoms with Gasteiger partial charge in [-0.15, -0.1) is 0 Å². The third-order valence-electron chi connectivity index (χ3n) is 1.48. The maximum absolute atomic E-state index is 3.48. The van der Waals surface area contributed by atoms with Gasteiger partial charge in [-0.3, -0.25) is 0 Å². The summed E-state index contributed by atoms with van der Waals surface area (Å²) < 4.78 is 1.31. The van der Waals surface area contributed by atoms with E-state index in [4.69, 9.17) is 0 Å². The first-order valence-corrected chi connectivity index (χ1v) is 3.86. The summed E-state index contributed by atoms with van der Waals surface area (Å²) in [6.45, 7) is 4.25. The third-order valence-corrected chi connectivity index (χ3v) is 2.42. The molecule has 0 nitrogen and oxygen atoms in total. The predicted octanol–water partition coefficient (Wildman–Crippen LogP) is 3.21. The van der Waals surface area contributed by atoms with Crippen LogP contribution in [-0.2, 0) is 0 Å². The molecular weight excluding hydrogens is 176 g/mol. The fourth-order valence-corrected chi connectivity index (χ4v) is 1.17. The Labute approximate surface area is 64.8 Å². The second kappa shape index (κ2) is 2.70. The molecule has 1 radical (unpaired) electrons. The Balaban J connectivity index is 2.83. The molecule has 0 aromatic rings. The Hall–Kier alpha value is -0.0400. The van der Waals surface area contributed by atoms with Crippen LogP contribution in [0.4, 0.5) is 0 Å². The zero-order chi connectivity index (χ0) is 6.85. The van der Waals surface area contributed by atoms with Crippen LogP contribution >= 0.6 is 15.9 Å². The first-order chi connectivity index (χ1) is 4.20. The van der Waals surface area contributed by atoms with Crippen LogP contribution in [0.5, 0.6) is 0 Å². The van der Waals surface area contributed by atoms with Gasteiger partial charge >= 0.3 is 0 Å². The van der Waals surface area contributed by atoms with Crippen LogP contribution in [0.1, 0.15) is 20.3 Å². The Morgan fingerprint density at radius 2 is 2.11 bits per heavy atom. The van der Waals surface area contributed by atoms with E-state index in [0.717, 1.165) is 6.42 Å². The maximum atomic E-state index is 3.48. The minimum absolute atomic E-state index is 1.06. The Kier molecular flexibility index (Phi) is 2.12. The molecule has 9 heavy (non-hydrogen) atoms. The summed E-state index contributed by atoms with van der Waals surface area (Å²) in [6.07, 6.45) is 5.47. The van der Waals surface area contributed by atoms with Crippen LogP contribution in [-0.4, -0.2) is 0 Å². The molecule has 0 unspecified atom stereocenters. The van der Waals surface area contributed by atoms with E-state index in [9.17, 15) is 0 Å². The van der Waals surface area contributed by atoms with Gasteiger partial charge in [0.2, 0.25) is 0 Å². The van der Waals surface area contributed by atoms with E-state index in [0.29, 0.717) is 0 Å². The smallest absolute Gasteiger partial charge is 0.00140 e. The van der Waals surface area contributed by atoms with Crippen LogP contribution in [0.3, 0.4) is 0 Å². The van der Waals surface area contributed by atoms with Crippen LogP contribution in [0.15, 0.2) is 21.7 Å². The van der Waals surface area contributed by atoms with Gasteiger partial charge in [0.15, 0.2) is 0 Å². The number of hydrogen-bond donors (Lipinski definition) is 0. The first kappa shape index (κ1) is 7.07. The largest absolute Gasteiger partial charge is 0.0690 e. The minimum atomic E-state index is 1.06. The molecule has 0 aliphatic heterocycles. The van der Waals surface area contributed by atoms with Crippen molar-refractivity contribution in [3.63, 3.8) is 0 Å². The topological polar surface area (TPSA) is 0 Å². The van der Waals surface area contributed by atoms with Crippen LogP contribution in [0.25, 0.3) is 0 Å². The van der Waals surface area contributed by atoms with Gasteiger partial charge in [-0.1, -0.05) is 27.6 Å². The molecule has 0 aromatic heterocycles. The quantitative estimate of drug-likeness (QED) is 0.544. The van der Waals surface area contributed by atoms with Gasteiger partial charge in [0.25, 0.3) is 0 Å². The molecule has 0 N–H and O–H groups in total. The van der Waals surface area contributed by atoms with Gasteiger partial charge in [0.05, 0.1) is 0 Å². The van der Waals surface area contributed by atoms with E-state index in [1.807, 2.05) is 0 Å². The van der Waals surface area contributed by atoms with Crippen molar-refractivity contribution in [3.05, 3.63) is 28.1 Å². The summed E-state index contributed by atoms with van der Waals surface area (Å²) in [7, 11) is 0. The fourth-order valence-electron chi connectivity index (χ4n) is 0.890. The SMILES string of the molecule is CC1=CC(C)=C(Br)C[CH]1. The van der Waals surface area contributed by atoms with E-state index < -0.39 is 0 Å². The van der Waals surface area contributed by atoms with Crippen molar-refractivity contribution in [2.75, 3.05) is 0 Å². The van der Waals surface area contributed by atoms with Crippen molar-refractivity contribution in [2.45, 2.75) is 20.3 Å². The van der Waals surface area contributed by atoms with E-state index >= 15 is 0 Å². The lowest BCUT2D eigenvalue weighted by Crippen LogP contribution is -1.90. The highest BCUT2D eigenvalue weighted by Gasteiger charge is 2.03. The van der Waals surface area contributed by atoms with E-state index in [1.54, 1.807) is 0 Å². The second-order valence-corrected chi connectivity index (χ2v) is 3.34. The number of hydrogen-bond acceptors (Lipinski definition) is 0. The van der Waals surface area contributed by atoms with E-state index in [1.165, 1.54) is 15.6 Å². The van der Waals surface area contributed by atoms with Gasteiger partial charge in [-0.2, -0.15) is 0 Å². The molecular formula is C8H10Br. The molecule has 1 heteroatoms. The maximum Gasteiger partial charge on any atom is -0.00140 e. The van der Waals surface area contributed by atoms with Crippen molar-refractivity contribution in [2.24, 2.45) is 0 Å². The summed E-state index contributed by atoms with van der Waals surface area (Å²) in [5, 5.41) is 0. The highest BCUT2D eigenvalue weighted by atomic mass is 79.9. The average molecular weight is 186 g/mol. The zero-order valence-corrected chi connectivity index (χ0v) is 7.33. The number of allylic oxidation sites excluding steroid dienone is 4. The molecule has 0 amide bonds. The Morgan fingerprint density at radius 3 is 2.56 bits per heavy atom. The summed E-state index contributed by atoms with van der Waals surface area (Å²) in [6, 6.07) is 0. The first-order valence-electron chi connectivity index (χ1n) is 3.07. The second-order valence-electron chi connectivity index (χ2n) is 2.38. The fraction of sp³-hybridized carbons (Fsp3) is 0.375. The minimum Gasteiger partial charge on any atom is -0.0690 e. The third kappa shape index (κ3) is 1.68. The summed E-state index contributed by atoms with van der Waals surface area (Å²) in [5.74, 6) is 0. The molecule has 1 aliphatic rings. The van der Waals surface area contributed by atoms with Gasteiger partial charge in [-0.05, 0) is 36.7 Å². The van der Waals surface area contributed by atoms with Gasteiger partial charge in [0, 0.05) is 0 Å². The van der Waals surface area contributed by atoms with Crippen molar-refractivity contribution in [3.8, 4) is 0 Å². The molecule has 1 rings (SSSR count). The Morgan fingerprint density at radius 1 is 1.44 bits per heavy atom. The lowest BCUT2D eigenvalue weighted by atomic mass is 10.0. The summed E-state index contributed by atoms with van der Waals surface area (Å²) >= 11 is 3.48. The molecule has 0 atom stereocenters. The van der Waals surface area contributed by atoms with Gasteiger partial charge in [0.1, 0.15) is 0 Å². The van der Waals surface area contributed by atoms with Crippen LogP contribution in [0, 0.1) is 6.42 Å². The monoisotopic (exact) mass is 185 g/mol. The molecule has 1 aliphatic carbocycles. The molecule has 0 spiro atoms. The van der Waals surface area contributed by atoms with Gasteiger partial charge in [-0.25, -0.2) is 0 Å². The molecule has 0 saturated heterocycles. The summed E-state index contributed by atoms with van der Waals surface area (Å²) in [4.78, 5) is 0. The normalized spacial score (nSPS) is 20.1. The summed E-state index contributed by atoms with van der Waals surface area (Å²) in [5.41, 5.74) is 2.73. The van der Waals surface area contributed by atoms with Crippen molar-refractivity contribution in [1.29, 1.82) is 0 Å². The average Bonchev–Trinajstić information content (AvgIpc) is 1.80. The number of rotatable bonds is 0. The zero-order valence-electron chi connectivity index (χ0n) is 5.74. The standard InChI is InChI=1S/C8H10Br/c1-6-3-4-8(9)7(2)5-6/h3,5H,4H2,1-2H3. The lowest BCUT2D eigenvalue weighted by Gasteiger charge is -2.09. The number of halogens is 1. The van der Waals surface area contributed by atoms with Crippen molar-refractivity contribution >= 4 is 15.9 Å². The highest BCUT2D eigenvalue weighted by molar-refractivity contribution is 9.11. The lowest BCUT2D eigenvalue weighted by molar-refractivity contribution is 1.13. The molecule has 0 aromatic carbocycles. The molecule has 0 bridgehead atoms. The van der Waals surface area contributed by atoms with Crippen LogP contribution < -0.4 is 0 Å². The Bertz CT molecular complexity index is 175. The highest BCUT2D eigenvalue weighted by Crippen LogP contribution is 2.26. The molecule has 49 valence electrons. The van der Waals surface area contributed by atoms with Gasteiger partial charge < -0.3 is 0 Å². The van der Waals surface area contributed by atoms with Crippen LogP contribution in [0.2, 0.25) is 0 Å². The molecule has 0 saturated carbocycles. The van der Waals surface area contributed by atoms with Crippen molar-refractivity contribution in [1.82, 2.24) is 0 Å².